The molecule has 0 radical (unpaired) electrons. The Morgan fingerprint density at radius 2 is 1.00 bits per heavy atom. The van der Waals surface area contributed by atoms with Gasteiger partial charge in [0, 0.05) is 47.0 Å². The molecule has 0 atom stereocenters. The molecule has 1 saturated carbocycles. The SMILES string of the molecule is N#Cc1ccc(NC(=O)N(Cc2ccc(C(=O)NCCC(=O)O)cc2)c2ccc(C3=CCCCC3)cc2)cc1Cl.N#Cc1ccc(NC(=O)N(Cc2ccc(C(=O)NCCC(=O)O)cc2)c2ccc(C3CCCCC3)cc2)cc1Cl. The topological polar surface area (TPSA) is 245 Å². The second-order valence-electron chi connectivity index (χ2n) is 19.3. The number of urea groups is 2. The van der Waals surface area contributed by atoms with Crippen molar-refractivity contribution in [1.82, 2.24) is 10.6 Å². The van der Waals surface area contributed by atoms with Gasteiger partial charge >= 0.3 is 24.0 Å². The third-order valence-corrected chi connectivity index (χ3v) is 14.3. The zero-order valence-corrected chi connectivity index (χ0v) is 45.4. The highest BCUT2D eigenvalue weighted by atomic mass is 35.5. The standard InChI is InChI=1S/C31H31ClN4O4.C31H29ClN4O4/c2*32-28-18-26(13-10-25(28)19-33)35-31(40)36(27-14-11-23(12-15-27)22-4-2-1-3-5-22)20-21-6-8-24(9-7-21)30(39)34-17-16-29(37)38/h6-15,18,22H,1-5,16-17,20H2,(H,34,39)(H,35,40)(H,37,38);4,6-15,18H,1-3,5,16-17,20H2,(H,34,39)(H,35,40)(H,37,38). The molecular formula is C62H60Cl2N8O8. The number of benzene rings is 6. The molecule has 0 aromatic heterocycles. The summed E-state index contributed by atoms with van der Waals surface area (Å²) in [5.74, 6) is -2.16. The lowest BCUT2D eigenvalue weighted by atomic mass is 9.84. The summed E-state index contributed by atoms with van der Waals surface area (Å²) in [6.45, 7) is 0.536. The highest BCUT2D eigenvalue weighted by Gasteiger charge is 2.22. The third-order valence-electron chi connectivity index (χ3n) is 13.7. The molecule has 1 fully saturated rings. The Morgan fingerprint density at radius 1 is 0.550 bits per heavy atom. The van der Waals surface area contributed by atoms with Gasteiger partial charge in [-0.25, -0.2) is 9.59 Å². The van der Waals surface area contributed by atoms with Crippen LogP contribution in [0.4, 0.5) is 32.3 Å². The number of carbonyl (C=O) groups excluding carboxylic acids is 4. The molecule has 0 aliphatic heterocycles. The summed E-state index contributed by atoms with van der Waals surface area (Å²) < 4.78 is 0. The molecule has 80 heavy (non-hydrogen) atoms. The van der Waals surface area contributed by atoms with E-state index in [2.05, 4.69) is 39.5 Å². The number of rotatable bonds is 18. The number of carbonyl (C=O) groups is 6. The van der Waals surface area contributed by atoms with Crippen LogP contribution in [0.1, 0.15) is 131 Å². The van der Waals surface area contributed by atoms with E-state index in [9.17, 15) is 28.8 Å². The van der Waals surface area contributed by atoms with Crippen LogP contribution in [-0.4, -0.2) is 59.1 Å². The normalized spacial score (nSPS) is 12.9. The van der Waals surface area contributed by atoms with Gasteiger partial charge < -0.3 is 31.5 Å². The first-order valence-electron chi connectivity index (χ1n) is 26.3. The Morgan fingerprint density at radius 3 is 1.40 bits per heavy atom. The third kappa shape index (κ3) is 17.0. The van der Waals surface area contributed by atoms with E-state index in [1.165, 1.54) is 62.1 Å². The molecule has 6 aromatic rings. The number of allylic oxidation sites excluding steroid dienone is 2. The quantitative estimate of drug-likeness (QED) is 0.0475. The van der Waals surface area contributed by atoms with E-state index in [0.717, 1.165) is 29.5 Å². The van der Waals surface area contributed by atoms with Crippen molar-refractivity contribution in [1.29, 1.82) is 10.5 Å². The minimum absolute atomic E-state index is 0.0378. The lowest BCUT2D eigenvalue weighted by molar-refractivity contribution is -0.137. The maximum Gasteiger partial charge on any atom is 0.326 e. The summed E-state index contributed by atoms with van der Waals surface area (Å²) in [7, 11) is 0. The van der Waals surface area contributed by atoms with Gasteiger partial charge in [-0.05, 0) is 157 Å². The second-order valence-corrected chi connectivity index (χ2v) is 20.1. The second kappa shape index (κ2) is 29.1. The summed E-state index contributed by atoms with van der Waals surface area (Å²) in [5, 5.41) is 47.2. The average molecular weight is 1120 g/mol. The van der Waals surface area contributed by atoms with Crippen LogP contribution < -0.4 is 31.1 Å². The maximum atomic E-state index is 13.5. The molecule has 18 heteroatoms. The van der Waals surface area contributed by atoms with E-state index in [1.54, 1.807) is 88.7 Å². The zero-order chi connectivity index (χ0) is 57.0. The Balaban J connectivity index is 0.000000231. The summed E-state index contributed by atoms with van der Waals surface area (Å²) >= 11 is 12.3. The Kier molecular flexibility index (Phi) is 21.4. The Bertz CT molecular complexity index is 3300. The fourth-order valence-electron chi connectivity index (χ4n) is 9.29. The minimum Gasteiger partial charge on any atom is -0.481 e. The van der Waals surface area contributed by atoms with Gasteiger partial charge in [0.2, 0.25) is 0 Å². The molecule has 16 nitrogen and oxygen atoms in total. The van der Waals surface area contributed by atoms with Crippen molar-refractivity contribution >= 4 is 87.3 Å². The van der Waals surface area contributed by atoms with Crippen LogP contribution in [0.25, 0.3) is 5.57 Å². The van der Waals surface area contributed by atoms with E-state index in [4.69, 9.17) is 43.9 Å². The molecule has 0 saturated heterocycles. The van der Waals surface area contributed by atoms with E-state index < -0.39 is 11.9 Å². The van der Waals surface area contributed by atoms with Gasteiger partial charge in [-0.2, -0.15) is 10.5 Å². The molecule has 2 aliphatic carbocycles. The van der Waals surface area contributed by atoms with Crippen molar-refractivity contribution in [2.75, 3.05) is 33.5 Å². The van der Waals surface area contributed by atoms with Gasteiger partial charge in [-0.1, -0.05) is 97.1 Å². The number of carboxylic acids is 2. The smallest absolute Gasteiger partial charge is 0.326 e. The highest BCUT2D eigenvalue weighted by molar-refractivity contribution is 6.32. The molecule has 0 bridgehead atoms. The predicted octanol–water partition coefficient (Wildman–Crippen LogP) is 13.3. The number of hydrogen-bond donors (Lipinski definition) is 6. The number of nitriles is 2. The molecule has 0 unspecified atom stereocenters. The van der Waals surface area contributed by atoms with Crippen LogP contribution >= 0.6 is 23.2 Å². The number of anilines is 4. The van der Waals surface area contributed by atoms with Gasteiger partial charge in [0.25, 0.3) is 11.8 Å². The number of amides is 6. The number of hydrogen-bond acceptors (Lipinski definition) is 8. The van der Waals surface area contributed by atoms with E-state index >= 15 is 0 Å². The molecule has 6 amide bonds. The van der Waals surface area contributed by atoms with Crippen molar-refractivity contribution in [2.45, 2.75) is 89.6 Å². The summed E-state index contributed by atoms with van der Waals surface area (Å²) in [4.78, 5) is 76.2. The molecule has 6 aromatic carbocycles. The molecule has 410 valence electrons. The molecule has 2 aliphatic rings. The molecule has 0 heterocycles. The van der Waals surface area contributed by atoms with E-state index in [1.807, 2.05) is 48.5 Å². The van der Waals surface area contributed by atoms with Crippen molar-refractivity contribution in [3.05, 3.63) is 194 Å². The van der Waals surface area contributed by atoms with Crippen LogP contribution in [0.2, 0.25) is 10.0 Å². The van der Waals surface area contributed by atoms with Gasteiger partial charge in [0.1, 0.15) is 12.1 Å². The number of nitrogens with zero attached hydrogens (tertiary/aromatic N) is 4. The minimum atomic E-state index is -0.985. The summed E-state index contributed by atoms with van der Waals surface area (Å²) in [6, 6.07) is 42.3. The largest absolute Gasteiger partial charge is 0.481 e. The molecule has 0 spiro atoms. The van der Waals surface area contributed by atoms with E-state index in [0.29, 0.717) is 50.9 Å². The van der Waals surface area contributed by atoms with Crippen LogP contribution in [0.3, 0.4) is 0 Å². The fourth-order valence-corrected chi connectivity index (χ4v) is 9.73. The van der Waals surface area contributed by atoms with Crippen LogP contribution in [-0.2, 0) is 22.7 Å². The van der Waals surface area contributed by atoms with Crippen LogP contribution in [0.15, 0.2) is 140 Å². The first-order valence-corrected chi connectivity index (χ1v) is 27.1. The van der Waals surface area contributed by atoms with Gasteiger partial charge in [-0.3, -0.25) is 29.0 Å². The van der Waals surface area contributed by atoms with E-state index in [-0.39, 0.29) is 72.9 Å². The van der Waals surface area contributed by atoms with Crippen molar-refractivity contribution in [2.24, 2.45) is 0 Å². The number of nitrogens with one attached hydrogen (secondary N) is 4. The number of halogens is 2. The Hall–Kier alpha value is -8.96. The molecular weight excluding hydrogens is 1060 g/mol. The number of carboxylic acid groups (broad SMARTS) is 2. The lowest BCUT2D eigenvalue weighted by Crippen LogP contribution is -2.34. The first-order chi connectivity index (χ1) is 38.7. The van der Waals surface area contributed by atoms with Gasteiger partial charge in [-0.15, -0.1) is 0 Å². The van der Waals surface area contributed by atoms with Crippen molar-refractivity contribution in [3.63, 3.8) is 0 Å². The summed E-state index contributed by atoms with van der Waals surface area (Å²) in [6.07, 6.45) is 12.6. The molecule has 8 rings (SSSR count). The first kappa shape index (κ1) is 58.7. The van der Waals surface area contributed by atoms with Crippen LogP contribution in [0.5, 0.6) is 0 Å². The Labute approximate surface area is 474 Å². The summed E-state index contributed by atoms with van der Waals surface area (Å²) in [5.41, 5.74) is 9.07. The monoisotopic (exact) mass is 1110 g/mol. The maximum absolute atomic E-state index is 13.5. The van der Waals surface area contributed by atoms with Gasteiger partial charge in [0.15, 0.2) is 0 Å². The average Bonchev–Trinajstić information content (AvgIpc) is 3.48. The van der Waals surface area contributed by atoms with Crippen LogP contribution in [0, 0.1) is 22.7 Å². The fraction of sp³-hybridized carbons (Fsp3) is 0.258. The highest BCUT2D eigenvalue weighted by Crippen LogP contribution is 2.34. The molecule has 6 N–H and O–H groups in total. The predicted molar refractivity (Wildman–Crippen MR) is 310 cm³/mol. The number of aliphatic carboxylic acids is 2. The van der Waals surface area contributed by atoms with Crippen molar-refractivity contribution in [3.8, 4) is 12.1 Å². The van der Waals surface area contributed by atoms with Gasteiger partial charge in [0.05, 0.1) is 47.1 Å². The zero-order valence-electron chi connectivity index (χ0n) is 43.9. The van der Waals surface area contributed by atoms with Crippen molar-refractivity contribution < 1.29 is 39.0 Å². The lowest BCUT2D eigenvalue weighted by Gasteiger charge is -2.26.